The van der Waals surface area contributed by atoms with Crippen LogP contribution in [0.1, 0.15) is 39.1 Å². The highest BCUT2D eigenvalue weighted by molar-refractivity contribution is 6.06. The number of rotatable bonds is 8. The van der Waals surface area contributed by atoms with Crippen LogP contribution in [0.2, 0.25) is 0 Å². The lowest BCUT2D eigenvalue weighted by atomic mass is 9.81. The lowest BCUT2D eigenvalue weighted by Gasteiger charge is -2.35. The number of Topliss-reactive ketones (excluding diaryl/α,β-unsaturated/α-hetero) is 1. The van der Waals surface area contributed by atoms with Gasteiger partial charge in [-0.1, -0.05) is 60.7 Å². The first-order chi connectivity index (χ1) is 20.2. The van der Waals surface area contributed by atoms with Crippen LogP contribution in [0.4, 0.5) is 5.69 Å². The van der Waals surface area contributed by atoms with Gasteiger partial charge in [0.15, 0.2) is 6.10 Å². The molecule has 2 atom stereocenters. The van der Waals surface area contributed by atoms with Crippen molar-refractivity contribution >= 4 is 29.4 Å². The normalized spacial score (nSPS) is 15.4. The topological polar surface area (TPSA) is 149 Å². The largest absolute Gasteiger partial charge is 0.466 e. The average Bonchev–Trinajstić information content (AvgIpc) is 3.03. The van der Waals surface area contributed by atoms with Crippen molar-refractivity contribution in [2.75, 3.05) is 19.1 Å². The second-order valence-corrected chi connectivity index (χ2v) is 9.16. The van der Waals surface area contributed by atoms with Crippen LogP contribution in [0.5, 0.6) is 0 Å². The molecule has 3 aromatic rings. The van der Waals surface area contributed by atoms with Crippen molar-refractivity contribution < 1.29 is 33.4 Å². The summed E-state index contributed by atoms with van der Waals surface area (Å²) in [6.07, 6.45) is -1.04. The first-order valence-electron chi connectivity index (χ1n) is 12.8. The van der Waals surface area contributed by atoms with E-state index in [1.807, 2.05) is 0 Å². The van der Waals surface area contributed by atoms with E-state index < -0.39 is 29.9 Å². The fourth-order valence-corrected chi connectivity index (χ4v) is 4.65. The molecule has 1 aliphatic heterocycles. The summed E-state index contributed by atoms with van der Waals surface area (Å²) in [5, 5.41) is 10.1. The first kappa shape index (κ1) is 29.3. The predicted octanol–water partition coefficient (Wildman–Crippen LogP) is 4.01. The molecular weight excluding hydrogens is 538 g/mol. The minimum atomic E-state index is -1.04. The maximum atomic E-state index is 13.2. The van der Waals surface area contributed by atoms with E-state index in [4.69, 9.17) is 19.9 Å². The Hall–Kier alpha value is -5.69. The highest BCUT2D eigenvalue weighted by atomic mass is 16.5. The molecule has 0 aliphatic carbocycles. The number of hydrogen-bond acceptors (Lipinski definition) is 10. The molecule has 0 saturated heterocycles. The number of esters is 3. The maximum absolute atomic E-state index is 13.2. The van der Waals surface area contributed by atoms with Crippen LogP contribution >= 0.6 is 0 Å². The Morgan fingerprint density at radius 2 is 1.38 bits per heavy atom. The van der Waals surface area contributed by atoms with Gasteiger partial charge in [0.05, 0.1) is 42.9 Å². The van der Waals surface area contributed by atoms with Crippen molar-refractivity contribution in [1.82, 2.24) is 0 Å². The van der Waals surface area contributed by atoms with Crippen LogP contribution in [-0.2, 0) is 23.8 Å². The fraction of sp³-hybridized carbons (Fsp3) is 0.156. The zero-order valence-corrected chi connectivity index (χ0v) is 23.1. The molecule has 3 aromatic carbocycles. The monoisotopic (exact) mass is 565 g/mol. The number of ether oxygens (including phenoxy) is 3. The Morgan fingerprint density at radius 3 is 1.93 bits per heavy atom. The molecule has 212 valence electrons. The number of carbonyl (C=O) groups is 4. The number of benzene rings is 3. The second kappa shape index (κ2) is 12.7. The van der Waals surface area contributed by atoms with Crippen LogP contribution in [0.25, 0.3) is 0 Å². The number of nitrogens with zero attached hydrogens (tertiary/aromatic N) is 2. The molecule has 1 heterocycles. The highest BCUT2D eigenvalue weighted by Gasteiger charge is 2.43. The minimum absolute atomic E-state index is 0.00554. The van der Waals surface area contributed by atoms with Crippen molar-refractivity contribution in [2.24, 2.45) is 5.73 Å². The molecule has 0 aromatic heterocycles. The van der Waals surface area contributed by atoms with Crippen LogP contribution < -0.4 is 10.6 Å². The average molecular weight is 566 g/mol. The smallest absolute Gasteiger partial charge is 0.355 e. The second-order valence-electron chi connectivity index (χ2n) is 9.16. The number of hydrogen-bond donors (Lipinski definition) is 1. The van der Waals surface area contributed by atoms with Crippen LogP contribution in [0.15, 0.2) is 108 Å². The van der Waals surface area contributed by atoms with Gasteiger partial charge in [0.2, 0.25) is 5.78 Å². The number of allylic oxidation sites excluding steroid dienone is 1. The van der Waals surface area contributed by atoms with E-state index in [1.165, 1.54) is 36.1 Å². The summed E-state index contributed by atoms with van der Waals surface area (Å²) >= 11 is 0. The summed E-state index contributed by atoms with van der Waals surface area (Å²) < 4.78 is 15.4. The Bertz CT molecular complexity index is 1620. The van der Waals surface area contributed by atoms with Crippen LogP contribution in [-0.4, -0.2) is 44.0 Å². The molecule has 10 nitrogen and oxygen atoms in total. The molecule has 10 heteroatoms. The zero-order valence-electron chi connectivity index (χ0n) is 23.1. The summed E-state index contributed by atoms with van der Waals surface area (Å²) in [5.41, 5.74) is 7.42. The lowest BCUT2D eigenvalue weighted by molar-refractivity contribution is -0.139. The molecule has 0 fully saturated rings. The summed E-state index contributed by atoms with van der Waals surface area (Å²) in [6, 6.07) is 24.9. The molecular formula is C32H27N3O7. The molecule has 0 saturated carbocycles. The van der Waals surface area contributed by atoms with Gasteiger partial charge in [0.25, 0.3) is 0 Å². The molecule has 1 aliphatic rings. The van der Waals surface area contributed by atoms with Crippen molar-refractivity contribution in [3.63, 3.8) is 0 Å². The standard InChI is InChI=1S/C32H27N3O7/c1-19(28(36)21-12-8-5-9-13-21)42-30(37)22-14-16-23(17-15-22)35-27(32(39)41-3)26(31(38)40-2)25(24(18-33)29(35)34)20-10-6-4-7-11-20/h4-17,19,25H,34H2,1-3H3. The van der Waals surface area contributed by atoms with E-state index in [-0.39, 0.29) is 39.7 Å². The third-order valence-electron chi connectivity index (χ3n) is 6.68. The van der Waals surface area contributed by atoms with Gasteiger partial charge in [-0.25, -0.2) is 14.4 Å². The summed E-state index contributed by atoms with van der Waals surface area (Å²) in [5.74, 6) is -3.98. The van der Waals surface area contributed by atoms with Crippen LogP contribution in [0, 0.1) is 11.3 Å². The third kappa shape index (κ3) is 5.62. The molecule has 42 heavy (non-hydrogen) atoms. The van der Waals surface area contributed by atoms with Crippen molar-refractivity contribution in [2.45, 2.75) is 18.9 Å². The van der Waals surface area contributed by atoms with E-state index in [0.717, 1.165) is 14.2 Å². The van der Waals surface area contributed by atoms with Crippen LogP contribution in [0.3, 0.4) is 0 Å². The maximum Gasteiger partial charge on any atom is 0.355 e. The predicted molar refractivity (Wildman–Crippen MR) is 152 cm³/mol. The Morgan fingerprint density at radius 1 is 0.810 bits per heavy atom. The molecule has 4 rings (SSSR count). The van der Waals surface area contributed by atoms with Gasteiger partial charge in [0, 0.05) is 11.3 Å². The third-order valence-corrected chi connectivity index (χ3v) is 6.68. The SMILES string of the molecule is COC(=O)C1=C(C(=O)OC)N(c2ccc(C(=O)OC(C)C(=O)c3ccccc3)cc2)C(N)=C(C#N)C1c1ccccc1. The molecule has 0 bridgehead atoms. The first-order valence-corrected chi connectivity index (χ1v) is 12.8. The van der Waals surface area contributed by atoms with Gasteiger partial charge in [-0.15, -0.1) is 0 Å². The molecule has 0 radical (unpaired) electrons. The van der Waals surface area contributed by atoms with E-state index in [0.29, 0.717) is 11.1 Å². The van der Waals surface area contributed by atoms with Gasteiger partial charge >= 0.3 is 17.9 Å². The minimum Gasteiger partial charge on any atom is -0.466 e. The van der Waals surface area contributed by atoms with Gasteiger partial charge in [-0.2, -0.15) is 5.26 Å². The summed E-state index contributed by atoms with van der Waals surface area (Å²) in [6.45, 7) is 1.48. The Labute approximate surface area is 242 Å². The molecule has 2 N–H and O–H groups in total. The highest BCUT2D eigenvalue weighted by Crippen LogP contribution is 2.43. The number of anilines is 1. The number of methoxy groups -OCH3 is 2. The summed E-state index contributed by atoms with van der Waals surface area (Å²) in [7, 11) is 2.31. The zero-order chi connectivity index (χ0) is 30.4. The van der Waals surface area contributed by atoms with E-state index >= 15 is 0 Å². The molecule has 0 spiro atoms. The molecule has 2 unspecified atom stereocenters. The van der Waals surface area contributed by atoms with E-state index in [9.17, 15) is 24.4 Å². The van der Waals surface area contributed by atoms with Crippen molar-refractivity contribution in [1.29, 1.82) is 5.26 Å². The molecule has 0 amide bonds. The Balaban J connectivity index is 1.74. The van der Waals surface area contributed by atoms with Gasteiger partial charge in [-0.3, -0.25) is 9.69 Å². The fourth-order valence-electron chi connectivity index (χ4n) is 4.65. The number of nitriles is 1. The van der Waals surface area contributed by atoms with Gasteiger partial charge < -0.3 is 19.9 Å². The number of nitrogens with two attached hydrogens (primary N) is 1. The Kier molecular flexibility index (Phi) is 8.83. The summed E-state index contributed by atoms with van der Waals surface area (Å²) in [4.78, 5) is 53.0. The lowest BCUT2D eigenvalue weighted by Crippen LogP contribution is -2.40. The van der Waals surface area contributed by atoms with E-state index in [2.05, 4.69) is 6.07 Å². The van der Waals surface area contributed by atoms with Gasteiger partial charge in [0.1, 0.15) is 11.5 Å². The van der Waals surface area contributed by atoms with Crippen molar-refractivity contribution in [3.05, 3.63) is 124 Å². The van der Waals surface area contributed by atoms with E-state index in [1.54, 1.807) is 60.7 Å². The van der Waals surface area contributed by atoms with Gasteiger partial charge in [-0.05, 0) is 36.8 Å². The number of ketones is 1. The number of carbonyl (C=O) groups excluding carboxylic acids is 4. The quantitative estimate of drug-likeness (QED) is 0.241. The van der Waals surface area contributed by atoms with Crippen molar-refractivity contribution in [3.8, 4) is 6.07 Å².